The highest BCUT2D eigenvalue weighted by molar-refractivity contribution is 5.76. The molecular formula is C14H24N4O3. The SMILES string of the molecule is CCCCC[C@@H](C)NC(=O)Cn1nc(C)c([N+](=O)[O-])c1C. The Balaban J connectivity index is 2.59. The number of amides is 1. The summed E-state index contributed by atoms with van der Waals surface area (Å²) >= 11 is 0. The maximum Gasteiger partial charge on any atom is 0.312 e. The summed E-state index contributed by atoms with van der Waals surface area (Å²) < 4.78 is 1.39. The lowest BCUT2D eigenvalue weighted by Crippen LogP contribution is -2.35. The average Bonchev–Trinajstić information content (AvgIpc) is 2.64. The molecule has 1 aromatic heterocycles. The van der Waals surface area contributed by atoms with Crippen molar-refractivity contribution in [3.8, 4) is 0 Å². The summed E-state index contributed by atoms with van der Waals surface area (Å²) in [6, 6.07) is 0.107. The fourth-order valence-corrected chi connectivity index (χ4v) is 2.33. The molecule has 0 saturated carbocycles. The third kappa shape index (κ3) is 4.84. The van der Waals surface area contributed by atoms with Crippen LogP contribution in [0.3, 0.4) is 0 Å². The third-order valence-electron chi connectivity index (χ3n) is 3.47. The van der Waals surface area contributed by atoms with E-state index in [-0.39, 0.29) is 24.2 Å². The van der Waals surface area contributed by atoms with Gasteiger partial charge < -0.3 is 5.32 Å². The molecule has 118 valence electrons. The number of nitrogens with zero attached hydrogens (tertiary/aromatic N) is 3. The van der Waals surface area contributed by atoms with E-state index in [1.807, 2.05) is 6.92 Å². The number of unbranched alkanes of at least 4 members (excludes halogenated alkanes) is 2. The minimum Gasteiger partial charge on any atom is -0.352 e. The predicted molar refractivity (Wildman–Crippen MR) is 80.1 cm³/mol. The Kier molecular flexibility index (Phi) is 6.33. The van der Waals surface area contributed by atoms with E-state index in [0.717, 1.165) is 25.7 Å². The molecule has 7 heteroatoms. The van der Waals surface area contributed by atoms with Crippen LogP contribution in [0.25, 0.3) is 0 Å². The summed E-state index contributed by atoms with van der Waals surface area (Å²) in [5.41, 5.74) is 0.728. The Morgan fingerprint density at radius 1 is 1.43 bits per heavy atom. The van der Waals surface area contributed by atoms with Gasteiger partial charge in [-0.1, -0.05) is 26.2 Å². The minimum atomic E-state index is -0.459. The van der Waals surface area contributed by atoms with Gasteiger partial charge in [-0.25, -0.2) is 0 Å². The molecule has 1 N–H and O–H groups in total. The molecule has 1 heterocycles. The molecule has 0 radical (unpaired) electrons. The third-order valence-corrected chi connectivity index (χ3v) is 3.47. The van der Waals surface area contributed by atoms with Crippen LogP contribution in [0.4, 0.5) is 5.69 Å². The molecule has 0 aliphatic heterocycles. The van der Waals surface area contributed by atoms with E-state index in [1.165, 1.54) is 4.68 Å². The highest BCUT2D eigenvalue weighted by atomic mass is 16.6. The first-order valence-corrected chi connectivity index (χ1v) is 7.34. The molecule has 1 aromatic rings. The van der Waals surface area contributed by atoms with Crippen molar-refractivity contribution in [2.24, 2.45) is 0 Å². The highest BCUT2D eigenvalue weighted by Crippen LogP contribution is 2.21. The molecule has 1 rings (SSSR count). The maximum absolute atomic E-state index is 12.0. The van der Waals surface area contributed by atoms with E-state index in [1.54, 1.807) is 13.8 Å². The standard InChI is InChI=1S/C14H24N4O3/c1-5-6-7-8-10(2)15-13(19)9-17-12(4)14(18(20)21)11(3)16-17/h10H,5-9H2,1-4H3,(H,15,19)/t10-/m1/s1. The van der Waals surface area contributed by atoms with Crippen LogP contribution in [0.1, 0.15) is 50.9 Å². The van der Waals surface area contributed by atoms with Gasteiger partial charge in [-0.3, -0.25) is 19.6 Å². The number of carbonyl (C=O) groups is 1. The second kappa shape index (κ2) is 7.75. The van der Waals surface area contributed by atoms with Crippen molar-refractivity contribution in [3.05, 3.63) is 21.5 Å². The number of hydrogen-bond acceptors (Lipinski definition) is 4. The lowest BCUT2D eigenvalue weighted by Gasteiger charge is -2.13. The van der Waals surface area contributed by atoms with Gasteiger partial charge in [0.1, 0.15) is 17.9 Å². The molecule has 1 atom stereocenters. The first-order valence-electron chi connectivity index (χ1n) is 7.34. The number of aryl methyl sites for hydroxylation is 1. The Morgan fingerprint density at radius 3 is 2.62 bits per heavy atom. The summed E-state index contributed by atoms with van der Waals surface area (Å²) in [5, 5.41) is 17.9. The van der Waals surface area contributed by atoms with Crippen molar-refractivity contribution >= 4 is 11.6 Å². The Morgan fingerprint density at radius 2 is 2.10 bits per heavy atom. The van der Waals surface area contributed by atoms with E-state index >= 15 is 0 Å². The van der Waals surface area contributed by atoms with Gasteiger partial charge in [0.05, 0.1) is 4.92 Å². The topological polar surface area (TPSA) is 90.1 Å². The number of nitrogens with one attached hydrogen (secondary N) is 1. The molecule has 0 spiro atoms. The van der Waals surface area contributed by atoms with E-state index in [2.05, 4.69) is 17.3 Å². The fourth-order valence-electron chi connectivity index (χ4n) is 2.33. The van der Waals surface area contributed by atoms with E-state index in [0.29, 0.717) is 11.4 Å². The van der Waals surface area contributed by atoms with E-state index in [9.17, 15) is 14.9 Å². The molecule has 0 aromatic carbocycles. The number of aromatic nitrogens is 2. The van der Waals surface area contributed by atoms with Gasteiger partial charge in [-0.15, -0.1) is 0 Å². The number of nitro groups is 1. The van der Waals surface area contributed by atoms with Gasteiger partial charge in [-0.05, 0) is 27.2 Å². The number of hydrogen-bond donors (Lipinski definition) is 1. The Hall–Kier alpha value is -1.92. The van der Waals surface area contributed by atoms with Crippen LogP contribution in [0.2, 0.25) is 0 Å². The molecule has 7 nitrogen and oxygen atoms in total. The van der Waals surface area contributed by atoms with E-state index in [4.69, 9.17) is 0 Å². The van der Waals surface area contributed by atoms with Gasteiger partial charge in [0.15, 0.2) is 0 Å². The van der Waals surface area contributed by atoms with Gasteiger partial charge in [0.25, 0.3) is 0 Å². The molecule has 0 fully saturated rings. The van der Waals surface area contributed by atoms with E-state index < -0.39 is 4.92 Å². The van der Waals surface area contributed by atoms with Gasteiger partial charge in [-0.2, -0.15) is 5.10 Å². The van der Waals surface area contributed by atoms with Crippen LogP contribution >= 0.6 is 0 Å². The summed E-state index contributed by atoms with van der Waals surface area (Å²) in [4.78, 5) is 22.4. The molecule has 0 saturated heterocycles. The van der Waals surface area contributed by atoms with Crippen LogP contribution in [-0.4, -0.2) is 26.7 Å². The Labute approximate surface area is 124 Å². The number of carbonyl (C=O) groups excluding carboxylic acids is 1. The second-order valence-corrected chi connectivity index (χ2v) is 5.40. The predicted octanol–water partition coefficient (Wildman–Crippen LogP) is 2.49. The number of rotatable bonds is 8. The van der Waals surface area contributed by atoms with Gasteiger partial charge >= 0.3 is 5.69 Å². The molecule has 0 aliphatic rings. The lowest BCUT2D eigenvalue weighted by molar-refractivity contribution is -0.386. The molecule has 0 aliphatic carbocycles. The highest BCUT2D eigenvalue weighted by Gasteiger charge is 2.22. The van der Waals surface area contributed by atoms with Crippen molar-refractivity contribution in [3.63, 3.8) is 0 Å². The van der Waals surface area contributed by atoms with Crippen molar-refractivity contribution in [2.45, 2.75) is 66.0 Å². The summed E-state index contributed by atoms with van der Waals surface area (Å²) in [7, 11) is 0. The Bertz CT molecular complexity index is 511. The maximum atomic E-state index is 12.0. The smallest absolute Gasteiger partial charge is 0.312 e. The van der Waals surface area contributed by atoms with Gasteiger partial charge in [0, 0.05) is 6.04 Å². The lowest BCUT2D eigenvalue weighted by atomic mass is 10.1. The quantitative estimate of drug-likeness (QED) is 0.453. The largest absolute Gasteiger partial charge is 0.352 e. The van der Waals surface area contributed by atoms with Crippen molar-refractivity contribution < 1.29 is 9.72 Å². The average molecular weight is 296 g/mol. The monoisotopic (exact) mass is 296 g/mol. The second-order valence-electron chi connectivity index (χ2n) is 5.40. The van der Waals surface area contributed by atoms with Crippen molar-refractivity contribution in [1.82, 2.24) is 15.1 Å². The summed E-state index contributed by atoms with van der Waals surface area (Å²) in [6.45, 7) is 7.30. The van der Waals surface area contributed by atoms with Crippen molar-refractivity contribution in [1.29, 1.82) is 0 Å². The molecule has 21 heavy (non-hydrogen) atoms. The zero-order chi connectivity index (χ0) is 16.0. The van der Waals surface area contributed by atoms with Crippen LogP contribution in [0.5, 0.6) is 0 Å². The minimum absolute atomic E-state index is 0.0125. The zero-order valence-electron chi connectivity index (χ0n) is 13.2. The summed E-state index contributed by atoms with van der Waals surface area (Å²) in [6.07, 6.45) is 4.33. The van der Waals surface area contributed by atoms with Gasteiger partial charge in [0.2, 0.25) is 5.91 Å². The van der Waals surface area contributed by atoms with Crippen molar-refractivity contribution in [2.75, 3.05) is 0 Å². The van der Waals surface area contributed by atoms with Crippen LogP contribution < -0.4 is 5.32 Å². The summed E-state index contributed by atoms with van der Waals surface area (Å²) in [5.74, 6) is -0.167. The first-order chi connectivity index (χ1) is 9.86. The molecule has 0 unspecified atom stereocenters. The zero-order valence-corrected chi connectivity index (χ0v) is 13.2. The normalized spacial score (nSPS) is 12.2. The molecule has 1 amide bonds. The first kappa shape index (κ1) is 17.1. The molecular weight excluding hydrogens is 272 g/mol. The van der Waals surface area contributed by atoms with Crippen LogP contribution in [-0.2, 0) is 11.3 Å². The van der Waals surface area contributed by atoms with Crippen LogP contribution in [0, 0.1) is 24.0 Å². The fraction of sp³-hybridized carbons (Fsp3) is 0.714. The van der Waals surface area contributed by atoms with Crippen LogP contribution in [0.15, 0.2) is 0 Å². The molecule has 0 bridgehead atoms.